The van der Waals surface area contributed by atoms with Crippen molar-refractivity contribution in [2.24, 2.45) is 5.92 Å². The normalized spacial score (nSPS) is 24.5. The van der Waals surface area contributed by atoms with Crippen molar-refractivity contribution in [1.29, 1.82) is 0 Å². The van der Waals surface area contributed by atoms with Gasteiger partial charge in [0.05, 0.1) is 0 Å². The minimum atomic E-state index is -0.715. The van der Waals surface area contributed by atoms with Gasteiger partial charge in [-0.15, -0.1) is 0 Å². The molecule has 0 radical (unpaired) electrons. The van der Waals surface area contributed by atoms with Gasteiger partial charge in [-0.25, -0.2) is 0 Å². The average Bonchev–Trinajstić information content (AvgIpc) is 2.30. The number of hydrogen-bond acceptors (Lipinski definition) is 2. The molecule has 17 heavy (non-hydrogen) atoms. The molecule has 3 nitrogen and oxygen atoms in total. The van der Waals surface area contributed by atoms with Gasteiger partial charge in [-0.3, -0.25) is 4.79 Å². The fraction of sp³-hybridized carbons (Fsp3) is 0.462. The molecule has 0 bridgehead atoms. The first-order chi connectivity index (χ1) is 8.16. The highest BCUT2D eigenvalue weighted by molar-refractivity contribution is 6.31. The first-order valence-corrected chi connectivity index (χ1v) is 6.24. The first-order valence-electron chi connectivity index (χ1n) is 5.86. The molecular weight excluding hydrogens is 238 g/mol. The zero-order chi connectivity index (χ0) is 12.3. The van der Waals surface area contributed by atoms with Gasteiger partial charge in [0.2, 0.25) is 0 Å². The van der Waals surface area contributed by atoms with Crippen LogP contribution in [0.5, 0.6) is 0 Å². The second-order valence-corrected chi connectivity index (χ2v) is 4.93. The number of carbonyl (C=O) groups is 1. The van der Waals surface area contributed by atoms with Crippen molar-refractivity contribution in [3.8, 4) is 0 Å². The topological polar surface area (TPSA) is 49.3 Å². The first kappa shape index (κ1) is 12.4. The van der Waals surface area contributed by atoms with Crippen LogP contribution < -0.4 is 5.32 Å². The van der Waals surface area contributed by atoms with E-state index in [9.17, 15) is 4.79 Å². The van der Waals surface area contributed by atoms with Gasteiger partial charge in [0.1, 0.15) is 0 Å². The molecule has 1 aliphatic rings. The lowest BCUT2D eigenvalue weighted by atomic mass is 9.89. The van der Waals surface area contributed by atoms with Gasteiger partial charge in [-0.2, -0.15) is 0 Å². The van der Waals surface area contributed by atoms with Crippen LogP contribution in [0.1, 0.15) is 30.9 Å². The van der Waals surface area contributed by atoms with Crippen LogP contribution in [-0.4, -0.2) is 17.6 Å². The fourth-order valence-corrected chi connectivity index (χ4v) is 2.63. The predicted molar refractivity (Wildman–Crippen MR) is 67.2 cm³/mol. The lowest BCUT2D eigenvalue weighted by Gasteiger charge is -2.29. The molecule has 1 fully saturated rings. The van der Waals surface area contributed by atoms with Gasteiger partial charge in [-0.1, -0.05) is 29.8 Å². The minimum Gasteiger partial charge on any atom is -0.481 e. The summed E-state index contributed by atoms with van der Waals surface area (Å²) in [5, 5.41) is 12.9. The van der Waals surface area contributed by atoms with E-state index in [1.165, 1.54) is 0 Å². The number of aliphatic carboxylic acids is 1. The molecule has 1 aromatic carbocycles. The second kappa shape index (κ2) is 5.52. The number of rotatable bonds is 3. The molecule has 2 rings (SSSR count). The fourth-order valence-electron chi connectivity index (χ4n) is 2.36. The number of halogens is 1. The van der Waals surface area contributed by atoms with Gasteiger partial charge in [-0.05, 0) is 36.9 Å². The maximum atomic E-state index is 10.6. The Balaban J connectivity index is 1.95. The molecule has 1 aromatic rings. The summed E-state index contributed by atoms with van der Waals surface area (Å²) in [7, 11) is 0. The number of carboxylic acids is 1. The summed E-state index contributed by atoms with van der Waals surface area (Å²) >= 11 is 6.14. The van der Waals surface area contributed by atoms with Crippen LogP contribution in [-0.2, 0) is 4.79 Å². The predicted octanol–water partition coefficient (Wildman–Crippen LogP) is 2.86. The minimum absolute atomic E-state index is 0.242. The van der Waals surface area contributed by atoms with Crippen molar-refractivity contribution in [2.75, 3.05) is 6.54 Å². The largest absolute Gasteiger partial charge is 0.481 e. The lowest BCUT2D eigenvalue weighted by molar-refractivity contribution is -0.138. The Hall–Kier alpha value is -1.06. The van der Waals surface area contributed by atoms with E-state index < -0.39 is 5.97 Å². The third-order valence-corrected chi connectivity index (χ3v) is 3.60. The maximum Gasteiger partial charge on any atom is 0.303 e. The maximum absolute atomic E-state index is 10.6. The Morgan fingerprint density at radius 1 is 1.41 bits per heavy atom. The van der Waals surface area contributed by atoms with E-state index in [1.807, 2.05) is 24.3 Å². The number of hydrogen-bond donors (Lipinski definition) is 2. The van der Waals surface area contributed by atoms with Crippen LogP contribution in [0.25, 0.3) is 0 Å². The Morgan fingerprint density at radius 3 is 2.76 bits per heavy atom. The zero-order valence-corrected chi connectivity index (χ0v) is 10.3. The quantitative estimate of drug-likeness (QED) is 0.871. The van der Waals surface area contributed by atoms with E-state index in [1.54, 1.807) is 0 Å². The van der Waals surface area contributed by atoms with Gasteiger partial charge >= 0.3 is 5.97 Å². The molecular formula is C13H16ClNO2. The molecule has 0 spiro atoms. The molecule has 1 saturated heterocycles. The molecule has 0 saturated carbocycles. The summed E-state index contributed by atoms with van der Waals surface area (Å²) in [4.78, 5) is 10.6. The Bertz CT molecular complexity index is 400. The van der Waals surface area contributed by atoms with Crippen LogP contribution in [0.3, 0.4) is 0 Å². The van der Waals surface area contributed by atoms with E-state index in [0.29, 0.717) is 0 Å². The highest BCUT2D eigenvalue weighted by Gasteiger charge is 2.24. The van der Waals surface area contributed by atoms with E-state index in [4.69, 9.17) is 16.7 Å². The Labute approximate surface area is 106 Å². The molecule has 1 heterocycles. The molecule has 0 amide bonds. The average molecular weight is 254 g/mol. The van der Waals surface area contributed by atoms with E-state index in [0.717, 1.165) is 30.0 Å². The van der Waals surface area contributed by atoms with Crippen LogP contribution in [0.2, 0.25) is 5.02 Å². The van der Waals surface area contributed by atoms with Gasteiger partial charge in [0.25, 0.3) is 0 Å². The molecule has 92 valence electrons. The van der Waals surface area contributed by atoms with E-state index >= 15 is 0 Å². The molecule has 0 aliphatic carbocycles. The standard InChI is InChI=1S/C13H16ClNO2/c14-11-4-2-1-3-10(11)12-6-5-9(8-15-12)7-13(16)17/h1-4,9,12,15H,5-8H2,(H,16,17). The third-order valence-electron chi connectivity index (χ3n) is 3.26. The Kier molecular flexibility index (Phi) is 4.02. The van der Waals surface area contributed by atoms with Crippen LogP contribution in [0, 0.1) is 5.92 Å². The van der Waals surface area contributed by atoms with Crippen LogP contribution in [0.4, 0.5) is 0 Å². The summed E-state index contributed by atoms with van der Waals surface area (Å²) in [6, 6.07) is 8.07. The number of benzene rings is 1. The highest BCUT2D eigenvalue weighted by Crippen LogP contribution is 2.31. The molecule has 2 unspecified atom stereocenters. The summed E-state index contributed by atoms with van der Waals surface area (Å²) in [5.41, 5.74) is 1.11. The Morgan fingerprint density at radius 2 is 2.18 bits per heavy atom. The highest BCUT2D eigenvalue weighted by atomic mass is 35.5. The summed E-state index contributed by atoms with van der Waals surface area (Å²) in [6.07, 6.45) is 2.14. The smallest absolute Gasteiger partial charge is 0.303 e. The van der Waals surface area contributed by atoms with Crippen LogP contribution >= 0.6 is 11.6 Å². The molecule has 1 aliphatic heterocycles. The second-order valence-electron chi connectivity index (χ2n) is 4.52. The van der Waals surface area contributed by atoms with Crippen molar-refractivity contribution >= 4 is 17.6 Å². The number of nitrogens with one attached hydrogen (secondary N) is 1. The van der Waals surface area contributed by atoms with E-state index in [2.05, 4.69) is 5.32 Å². The summed E-state index contributed by atoms with van der Waals surface area (Å²) < 4.78 is 0. The third kappa shape index (κ3) is 3.20. The van der Waals surface area contributed by atoms with Gasteiger partial charge in [0, 0.05) is 17.5 Å². The van der Waals surface area contributed by atoms with Crippen molar-refractivity contribution in [1.82, 2.24) is 5.32 Å². The summed E-state index contributed by atoms with van der Waals surface area (Å²) in [6.45, 7) is 0.752. The number of piperidine rings is 1. The monoisotopic (exact) mass is 253 g/mol. The van der Waals surface area contributed by atoms with Crippen molar-refractivity contribution in [2.45, 2.75) is 25.3 Å². The van der Waals surface area contributed by atoms with E-state index in [-0.39, 0.29) is 18.4 Å². The molecule has 0 aromatic heterocycles. The number of carboxylic acid groups (broad SMARTS) is 1. The molecule has 4 heteroatoms. The lowest BCUT2D eigenvalue weighted by Crippen LogP contribution is -2.34. The summed E-state index contributed by atoms with van der Waals surface area (Å²) in [5.74, 6) is -0.473. The van der Waals surface area contributed by atoms with Gasteiger partial charge < -0.3 is 10.4 Å². The van der Waals surface area contributed by atoms with Crippen LogP contribution in [0.15, 0.2) is 24.3 Å². The SMILES string of the molecule is O=C(O)CC1CCC(c2ccccc2Cl)NC1. The van der Waals surface area contributed by atoms with Gasteiger partial charge in [0.15, 0.2) is 0 Å². The van der Waals surface area contributed by atoms with Crippen molar-refractivity contribution < 1.29 is 9.90 Å². The van der Waals surface area contributed by atoms with Crippen molar-refractivity contribution in [3.05, 3.63) is 34.9 Å². The zero-order valence-electron chi connectivity index (χ0n) is 9.53. The molecule has 2 N–H and O–H groups in total. The van der Waals surface area contributed by atoms with Crippen molar-refractivity contribution in [3.63, 3.8) is 0 Å². The molecule has 2 atom stereocenters.